The fraction of sp³-hybridized carbons (Fsp3) is 0.391. The van der Waals surface area contributed by atoms with E-state index >= 15 is 0 Å². The summed E-state index contributed by atoms with van der Waals surface area (Å²) < 4.78 is 0. The van der Waals surface area contributed by atoms with Crippen LogP contribution in [0.3, 0.4) is 0 Å². The van der Waals surface area contributed by atoms with E-state index in [2.05, 4.69) is 67.9 Å². The maximum atomic E-state index is 12.4. The van der Waals surface area contributed by atoms with Crippen molar-refractivity contribution < 1.29 is 14.9 Å². The number of rotatable bonds is 8. The number of carbonyl (C=O) groups is 2. The number of hydrogen-bond acceptors (Lipinski definition) is 2. The zero-order valence-corrected chi connectivity index (χ0v) is 17.5. The van der Waals surface area contributed by atoms with Gasteiger partial charge in [0, 0.05) is 29.8 Å². The maximum Gasteiger partial charge on any atom is 0.279 e. The molecule has 0 aliphatic heterocycles. The van der Waals surface area contributed by atoms with Crippen molar-refractivity contribution in [3.8, 4) is 0 Å². The molecule has 0 saturated heterocycles. The van der Waals surface area contributed by atoms with E-state index in [1.54, 1.807) is 24.3 Å². The fourth-order valence-corrected chi connectivity index (χ4v) is 3.18. The van der Waals surface area contributed by atoms with Crippen LogP contribution < -0.4 is 16.0 Å². The third-order valence-corrected chi connectivity index (χ3v) is 4.75. The largest absolute Gasteiger partial charge is 0.332 e. The van der Waals surface area contributed by atoms with Crippen LogP contribution in [0.1, 0.15) is 57.7 Å². The Balaban J connectivity index is 1.93. The number of quaternary nitrogens is 1. The van der Waals surface area contributed by atoms with Crippen molar-refractivity contribution in [2.45, 2.75) is 46.6 Å². The van der Waals surface area contributed by atoms with Crippen LogP contribution in [0, 0.1) is 5.92 Å². The Labute approximate surface area is 167 Å². The zero-order chi connectivity index (χ0) is 20.7. The van der Waals surface area contributed by atoms with Crippen LogP contribution in [-0.4, -0.2) is 18.4 Å². The molecule has 0 fully saturated rings. The molecule has 0 aromatic heterocycles. The summed E-state index contributed by atoms with van der Waals surface area (Å²) in [5, 5.41) is 7.71. The lowest BCUT2D eigenvalue weighted by Crippen LogP contribution is -2.88. The molecule has 2 aromatic rings. The molecule has 2 aromatic carbocycles. The summed E-state index contributed by atoms with van der Waals surface area (Å²) in [5.74, 6) is 0.761. The van der Waals surface area contributed by atoms with Crippen molar-refractivity contribution >= 4 is 23.2 Å². The van der Waals surface area contributed by atoms with Gasteiger partial charge in [-0.15, -0.1) is 0 Å². The monoisotopic (exact) mass is 382 g/mol. The summed E-state index contributed by atoms with van der Waals surface area (Å²) in [7, 11) is 0. The van der Waals surface area contributed by atoms with Crippen LogP contribution in [0.2, 0.25) is 0 Å². The molecule has 0 aliphatic rings. The van der Waals surface area contributed by atoms with E-state index in [4.69, 9.17) is 0 Å². The van der Waals surface area contributed by atoms with Crippen molar-refractivity contribution in [1.29, 1.82) is 0 Å². The quantitative estimate of drug-likeness (QED) is 0.652. The minimum atomic E-state index is -0.118. The van der Waals surface area contributed by atoms with Crippen molar-refractivity contribution in [2.24, 2.45) is 5.92 Å². The third kappa shape index (κ3) is 6.50. The Morgan fingerprint density at radius 1 is 0.821 bits per heavy atom. The number of nitrogens with two attached hydrogens (primary N) is 1. The van der Waals surface area contributed by atoms with Gasteiger partial charge in [0.2, 0.25) is 5.91 Å². The van der Waals surface area contributed by atoms with Crippen molar-refractivity contribution in [2.75, 3.05) is 17.2 Å². The highest BCUT2D eigenvalue weighted by molar-refractivity contribution is 5.92. The number of carbonyl (C=O) groups excluding carboxylic acids is 2. The Morgan fingerprint density at radius 3 is 1.79 bits per heavy atom. The first kappa shape index (κ1) is 21.6. The summed E-state index contributed by atoms with van der Waals surface area (Å²) in [5.41, 5.74) is 4.00. The molecule has 0 spiro atoms. The zero-order valence-electron chi connectivity index (χ0n) is 17.5. The van der Waals surface area contributed by atoms with E-state index < -0.39 is 0 Å². The molecule has 0 radical (unpaired) electrons. The molecular weight excluding hydrogens is 350 g/mol. The van der Waals surface area contributed by atoms with E-state index in [0.29, 0.717) is 24.1 Å². The van der Waals surface area contributed by atoms with Crippen molar-refractivity contribution in [3.05, 3.63) is 59.7 Å². The number of amides is 2. The number of hydrogen-bond donors (Lipinski definition) is 3. The number of anilines is 2. The first-order chi connectivity index (χ1) is 13.3. The predicted molar refractivity (Wildman–Crippen MR) is 114 cm³/mol. The summed E-state index contributed by atoms with van der Waals surface area (Å²) in [6, 6.07) is 16.1. The summed E-state index contributed by atoms with van der Waals surface area (Å²) in [4.78, 5) is 23.4. The molecule has 2 rings (SSSR count). The van der Waals surface area contributed by atoms with E-state index in [-0.39, 0.29) is 17.9 Å². The van der Waals surface area contributed by atoms with E-state index in [9.17, 15) is 9.59 Å². The molecular formula is C23H32N3O2+. The highest BCUT2D eigenvalue weighted by Crippen LogP contribution is 2.21. The normalized spacial score (nSPS) is 12.1. The molecule has 0 unspecified atom stereocenters. The summed E-state index contributed by atoms with van der Waals surface area (Å²) in [6.07, 6.45) is 0. The molecule has 1 atom stereocenters. The second-order valence-electron chi connectivity index (χ2n) is 7.84. The lowest BCUT2D eigenvalue weighted by molar-refractivity contribution is -0.692. The first-order valence-electron chi connectivity index (χ1n) is 9.87. The van der Waals surface area contributed by atoms with Crippen LogP contribution in [-0.2, 0) is 9.59 Å². The molecule has 150 valence electrons. The van der Waals surface area contributed by atoms with Crippen molar-refractivity contribution in [3.63, 3.8) is 0 Å². The molecule has 4 N–H and O–H groups in total. The van der Waals surface area contributed by atoms with Gasteiger partial charge in [0.25, 0.3) is 5.91 Å². The number of benzene rings is 2. The summed E-state index contributed by atoms with van der Waals surface area (Å²) >= 11 is 0. The third-order valence-electron chi connectivity index (χ3n) is 4.75. The van der Waals surface area contributed by atoms with Crippen LogP contribution in [0.25, 0.3) is 0 Å². The minimum Gasteiger partial charge on any atom is -0.332 e. The van der Waals surface area contributed by atoms with E-state index in [1.165, 1.54) is 18.1 Å². The lowest BCUT2D eigenvalue weighted by Gasteiger charge is -2.20. The Morgan fingerprint density at radius 2 is 1.32 bits per heavy atom. The second kappa shape index (κ2) is 10.0. The SMILES string of the molecule is CC(=O)Nc1ccc(NC(=O)C[NH2+][C@H](c2ccc(C(C)C)cc2)C(C)C)cc1. The molecule has 2 amide bonds. The smallest absolute Gasteiger partial charge is 0.279 e. The van der Waals surface area contributed by atoms with Crippen LogP contribution in [0.5, 0.6) is 0 Å². The predicted octanol–water partition coefficient (Wildman–Crippen LogP) is 3.67. The summed E-state index contributed by atoms with van der Waals surface area (Å²) in [6.45, 7) is 10.5. The van der Waals surface area contributed by atoms with Gasteiger partial charge in [0.05, 0.1) is 0 Å². The van der Waals surface area contributed by atoms with Crippen LogP contribution in [0.15, 0.2) is 48.5 Å². The molecule has 5 heteroatoms. The molecule has 0 aliphatic carbocycles. The van der Waals surface area contributed by atoms with Gasteiger partial charge >= 0.3 is 0 Å². The average molecular weight is 383 g/mol. The second-order valence-corrected chi connectivity index (χ2v) is 7.84. The maximum absolute atomic E-state index is 12.4. The molecule has 28 heavy (non-hydrogen) atoms. The number of nitrogens with one attached hydrogen (secondary N) is 2. The van der Waals surface area contributed by atoms with Crippen LogP contribution in [0.4, 0.5) is 11.4 Å². The van der Waals surface area contributed by atoms with Gasteiger partial charge in [-0.05, 0) is 35.7 Å². The lowest BCUT2D eigenvalue weighted by atomic mass is 9.93. The van der Waals surface area contributed by atoms with Gasteiger partial charge < -0.3 is 16.0 Å². The highest BCUT2D eigenvalue weighted by atomic mass is 16.2. The van der Waals surface area contributed by atoms with Crippen LogP contribution >= 0.6 is 0 Å². The molecule has 5 nitrogen and oxygen atoms in total. The van der Waals surface area contributed by atoms with Gasteiger partial charge in [-0.1, -0.05) is 52.0 Å². The Bertz CT molecular complexity index is 780. The van der Waals surface area contributed by atoms with Gasteiger partial charge in [0.1, 0.15) is 6.04 Å². The molecule has 0 heterocycles. The average Bonchev–Trinajstić information content (AvgIpc) is 2.63. The molecule has 0 saturated carbocycles. The minimum absolute atomic E-state index is 0.0447. The van der Waals surface area contributed by atoms with Gasteiger partial charge in [0.15, 0.2) is 6.54 Å². The Hall–Kier alpha value is -2.66. The first-order valence-corrected chi connectivity index (χ1v) is 9.87. The Kier molecular flexibility index (Phi) is 7.76. The molecule has 0 bridgehead atoms. The van der Waals surface area contributed by atoms with Gasteiger partial charge in [-0.2, -0.15) is 0 Å². The fourth-order valence-electron chi connectivity index (χ4n) is 3.18. The van der Waals surface area contributed by atoms with Gasteiger partial charge in [-0.25, -0.2) is 0 Å². The standard InChI is InChI=1S/C23H31N3O2/c1-15(2)18-6-8-19(9-7-18)23(16(3)4)24-14-22(28)26-21-12-10-20(11-13-21)25-17(5)27/h6-13,15-16,23-24H,14H2,1-5H3,(H,25,27)(H,26,28)/p+1/t23-/m0/s1. The van der Waals surface area contributed by atoms with E-state index in [1.807, 2.05) is 0 Å². The van der Waals surface area contributed by atoms with Crippen molar-refractivity contribution in [1.82, 2.24) is 0 Å². The topological polar surface area (TPSA) is 74.8 Å². The highest BCUT2D eigenvalue weighted by Gasteiger charge is 2.20. The van der Waals surface area contributed by atoms with E-state index in [0.717, 1.165) is 5.69 Å². The van der Waals surface area contributed by atoms with Gasteiger partial charge in [-0.3, -0.25) is 9.59 Å².